The first-order chi connectivity index (χ1) is 7.76. The van der Waals surface area contributed by atoms with E-state index < -0.39 is 0 Å². The summed E-state index contributed by atoms with van der Waals surface area (Å²) in [7, 11) is 2.05. The van der Waals surface area contributed by atoms with Gasteiger partial charge in [0.25, 0.3) is 0 Å². The largest absolute Gasteiger partial charge is 0.375 e. The Kier molecular flexibility index (Phi) is 2.74. The highest BCUT2D eigenvalue weighted by atomic mass is 15.1. The van der Waals surface area contributed by atoms with Crippen LogP contribution in [0.2, 0.25) is 0 Å². The maximum Gasteiger partial charge on any atom is 0.148 e. The van der Waals surface area contributed by atoms with Crippen LogP contribution in [0.5, 0.6) is 0 Å². The number of nitriles is 1. The minimum atomic E-state index is 0.489. The normalized spacial score (nSPS) is 10.1. The SMILES string of the molecule is CCN(C)c1ccc2c(C#N)nccc2c1. The first-order valence-electron chi connectivity index (χ1n) is 5.26. The monoisotopic (exact) mass is 211 g/mol. The summed E-state index contributed by atoms with van der Waals surface area (Å²) in [4.78, 5) is 6.20. The van der Waals surface area contributed by atoms with Crippen molar-refractivity contribution in [3.63, 3.8) is 0 Å². The van der Waals surface area contributed by atoms with Gasteiger partial charge in [-0.3, -0.25) is 0 Å². The van der Waals surface area contributed by atoms with Crippen LogP contribution in [0.3, 0.4) is 0 Å². The minimum Gasteiger partial charge on any atom is -0.375 e. The Morgan fingerprint density at radius 2 is 2.19 bits per heavy atom. The Labute approximate surface area is 94.9 Å². The van der Waals surface area contributed by atoms with Crippen molar-refractivity contribution in [2.24, 2.45) is 0 Å². The zero-order chi connectivity index (χ0) is 11.5. The van der Waals surface area contributed by atoms with E-state index in [0.717, 1.165) is 23.0 Å². The fourth-order valence-electron chi connectivity index (χ4n) is 1.67. The molecule has 3 heteroatoms. The van der Waals surface area contributed by atoms with Crippen LogP contribution in [-0.4, -0.2) is 18.6 Å². The van der Waals surface area contributed by atoms with Crippen LogP contribution in [0.25, 0.3) is 10.8 Å². The molecule has 0 radical (unpaired) electrons. The van der Waals surface area contributed by atoms with Gasteiger partial charge in [0.2, 0.25) is 0 Å². The molecular formula is C13H13N3. The molecular weight excluding hydrogens is 198 g/mol. The number of benzene rings is 1. The highest BCUT2D eigenvalue weighted by molar-refractivity contribution is 5.89. The third-order valence-electron chi connectivity index (χ3n) is 2.77. The summed E-state index contributed by atoms with van der Waals surface area (Å²) in [6, 6.07) is 10.1. The van der Waals surface area contributed by atoms with Crippen LogP contribution in [-0.2, 0) is 0 Å². The molecule has 1 aromatic heterocycles. The van der Waals surface area contributed by atoms with Gasteiger partial charge in [0.05, 0.1) is 0 Å². The van der Waals surface area contributed by atoms with Crippen LogP contribution >= 0.6 is 0 Å². The average Bonchev–Trinajstić information content (AvgIpc) is 2.36. The summed E-state index contributed by atoms with van der Waals surface area (Å²) < 4.78 is 0. The van der Waals surface area contributed by atoms with Crippen LogP contribution in [0.1, 0.15) is 12.6 Å². The molecule has 0 saturated heterocycles. The van der Waals surface area contributed by atoms with E-state index in [4.69, 9.17) is 5.26 Å². The molecule has 0 atom stereocenters. The fraction of sp³-hybridized carbons (Fsp3) is 0.231. The maximum absolute atomic E-state index is 8.94. The number of nitrogens with zero attached hydrogens (tertiary/aromatic N) is 3. The number of hydrogen-bond donors (Lipinski definition) is 0. The quantitative estimate of drug-likeness (QED) is 0.766. The van der Waals surface area contributed by atoms with Gasteiger partial charge in [-0.15, -0.1) is 0 Å². The molecule has 1 aromatic carbocycles. The summed E-state index contributed by atoms with van der Waals surface area (Å²) >= 11 is 0. The van der Waals surface area contributed by atoms with E-state index in [1.165, 1.54) is 0 Å². The summed E-state index contributed by atoms with van der Waals surface area (Å²) in [6.45, 7) is 3.07. The fourth-order valence-corrected chi connectivity index (χ4v) is 1.67. The average molecular weight is 211 g/mol. The summed E-state index contributed by atoms with van der Waals surface area (Å²) in [6.07, 6.45) is 1.68. The lowest BCUT2D eigenvalue weighted by molar-refractivity contribution is 0.969. The molecule has 0 unspecified atom stereocenters. The van der Waals surface area contributed by atoms with E-state index in [1.807, 2.05) is 25.2 Å². The smallest absolute Gasteiger partial charge is 0.148 e. The van der Waals surface area contributed by atoms with E-state index in [9.17, 15) is 0 Å². The number of anilines is 1. The van der Waals surface area contributed by atoms with Crippen LogP contribution in [0.4, 0.5) is 5.69 Å². The standard InChI is InChI=1S/C13H13N3/c1-3-16(2)11-4-5-12-10(8-11)6-7-15-13(12)9-14/h4-8H,3H2,1-2H3. The molecule has 0 saturated carbocycles. The van der Waals surface area contributed by atoms with Gasteiger partial charge < -0.3 is 4.90 Å². The van der Waals surface area contributed by atoms with Gasteiger partial charge in [-0.05, 0) is 36.6 Å². The van der Waals surface area contributed by atoms with Crippen molar-refractivity contribution in [2.45, 2.75) is 6.92 Å². The Bertz CT molecular complexity index is 555. The molecule has 0 amide bonds. The van der Waals surface area contributed by atoms with Crippen molar-refractivity contribution in [1.29, 1.82) is 5.26 Å². The molecule has 0 aliphatic rings. The minimum absolute atomic E-state index is 0.489. The molecule has 0 spiro atoms. The zero-order valence-corrected chi connectivity index (χ0v) is 9.44. The van der Waals surface area contributed by atoms with Gasteiger partial charge in [-0.2, -0.15) is 5.26 Å². The molecule has 2 rings (SSSR count). The van der Waals surface area contributed by atoms with Crippen LogP contribution in [0, 0.1) is 11.3 Å². The molecule has 0 aliphatic carbocycles. The van der Waals surface area contributed by atoms with Gasteiger partial charge in [0.15, 0.2) is 0 Å². The molecule has 80 valence electrons. The van der Waals surface area contributed by atoms with E-state index in [2.05, 4.69) is 28.9 Å². The summed E-state index contributed by atoms with van der Waals surface area (Å²) in [5.41, 5.74) is 1.65. The summed E-state index contributed by atoms with van der Waals surface area (Å²) in [5, 5.41) is 10.9. The molecule has 1 heterocycles. The Hall–Kier alpha value is -2.08. The molecule has 0 bridgehead atoms. The number of fused-ring (bicyclic) bond motifs is 1. The van der Waals surface area contributed by atoms with E-state index >= 15 is 0 Å². The first kappa shape index (κ1) is 10.4. The highest BCUT2D eigenvalue weighted by Crippen LogP contribution is 2.22. The van der Waals surface area contributed by atoms with E-state index in [0.29, 0.717) is 5.69 Å². The topological polar surface area (TPSA) is 39.9 Å². The predicted octanol–water partition coefficient (Wildman–Crippen LogP) is 2.56. The number of pyridine rings is 1. The summed E-state index contributed by atoms with van der Waals surface area (Å²) in [5.74, 6) is 0. The van der Waals surface area contributed by atoms with Crippen LogP contribution < -0.4 is 4.90 Å². The van der Waals surface area contributed by atoms with Gasteiger partial charge in [-0.25, -0.2) is 4.98 Å². The van der Waals surface area contributed by atoms with E-state index in [1.54, 1.807) is 6.20 Å². The van der Waals surface area contributed by atoms with Gasteiger partial charge in [-0.1, -0.05) is 0 Å². The van der Waals surface area contributed by atoms with Crippen molar-refractivity contribution in [3.05, 3.63) is 36.2 Å². The Balaban J connectivity index is 2.61. The first-order valence-corrected chi connectivity index (χ1v) is 5.26. The molecule has 0 N–H and O–H groups in total. The van der Waals surface area contributed by atoms with E-state index in [-0.39, 0.29) is 0 Å². The van der Waals surface area contributed by atoms with Gasteiger partial charge in [0.1, 0.15) is 11.8 Å². The zero-order valence-electron chi connectivity index (χ0n) is 9.44. The molecule has 3 nitrogen and oxygen atoms in total. The third kappa shape index (κ3) is 1.70. The third-order valence-corrected chi connectivity index (χ3v) is 2.77. The molecule has 2 aromatic rings. The van der Waals surface area contributed by atoms with Crippen molar-refractivity contribution >= 4 is 16.5 Å². The van der Waals surface area contributed by atoms with Crippen molar-refractivity contribution in [3.8, 4) is 6.07 Å². The van der Waals surface area contributed by atoms with Crippen molar-refractivity contribution in [2.75, 3.05) is 18.5 Å². The second-order valence-electron chi connectivity index (χ2n) is 3.69. The highest BCUT2D eigenvalue weighted by Gasteiger charge is 2.04. The number of rotatable bonds is 2. The molecule has 16 heavy (non-hydrogen) atoms. The Morgan fingerprint density at radius 1 is 1.38 bits per heavy atom. The number of hydrogen-bond acceptors (Lipinski definition) is 3. The van der Waals surface area contributed by atoms with Gasteiger partial charge in [0, 0.05) is 30.9 Å². The number of aromatic nitrogens is 1. The lowest BCUT2D eigenvalue weighted by Crippen LogP contribution is -2.15. The van der Waals surface area contributed by atoms with Crippen LogP contribution in [0.15, 0.2) is 30.5 Å². The lowest BCUT2D eigenvalue weighted by Gasteiger charge is -2.17. The maximum atomic E-state index is 8.94. The van der Waals surface area contributed by atoms with Gasteiger partial charge >= 0.3 is 0 Å². The Morgan fingerprint density at radius 3 is 2.88 bits per heavy atom. The van der Waals surface area contributed by atoms with Crippen molar-refractivity contribution < 1.29 is 0 Å². The predicted molar refractivity (Wildman–Crippen MR) is 65.4 cm³/mol. The molecule has 0 aliphatic heterocycles. The second-order valence-corrected chi connectivity index (χ2v) is 3.69. The lowest BCUT2D eigenvalue weighted by atomic mass is 10.1. The van der Waals surface area contributed by atoms with Crippen molar-refractivity contribution in [1.82, 2.24) is 4.98 Å². The second kappa shape index (κ2) is 4.19. The molecule has 0 fully saturated rings.